The van der Waals surface area contributed by atoms with E-state index < -0.39 is 0 Å². The van der Waals surface area contributed by atoms with Gasteiger partial charge in [-0.2, -0.15) is 0 Å². The largest absolute Gasteiger partial charge is 0.306 e. The lowest BCUT2D eigenvalue weighted by Crippen LogP contribution is -2.31. The van der Waals surface area contributed by atoms with Crippen LogP contribution in [0.4, 0.5) is 0 Å². The van der Waals surface area contributed by atoms with Gasteiger partial charge in [-0.25, -0.2) is 0 Å². The highest BCUT2D eigenvalue weighted by atomic mass is 32.1. The molecule has 2 aliphatic carbocycles. The molecule has 0 bridgehead atoms. The van der Waals surface area contributed by atoms with Crippen LogP contribution in [0.15, 0.2) is 17.5 Å². The van der Waals surface area contributed by atoms with Crippen LogP contribution in [0.2, 0.25) is 0 Å². The highest BCUT2D eigenvalue weighted by molar-refractivity contribution is 7.10. The van der Waals surface area contributed by atoms with Crippen LogP contribution in [0.5, 0.6) is 0 Å². The summed E-state index contributed by atoms with van der Waals surface area (Å²) in [6, 6.07) is 5.76. The summed E-state index contributed by atoms with van der Waals surface area (Å²) in [5.74, 6) is 2.11. The monoisotopic (exact) mass is 207 g/mol. The smallest absolute Gasteiger partial charge is 0.0388 e. The molecular formula is C12H17NS. The fraction of sp³-hybridized carbons (Fsp3) is 0.667. The number of rotatable bonds is 3. The Morgan fingerprint density at radius 3 is 3.00 bits per heavy atom. The van der Waals surface area contributed by atoms with Crippen molar-refractivity contribution in [3.05, 3.63) is 22.4 Å². The average molecular weight is 207 g/mol. The van der Waals surface area contributed by atoms with E-state index in [0.717, 1.165) is 17.9 Å². The molecule has 1 nitrogen and oxygen atoms in total. The summed E-state index contributed by atoms with van der Waals surface area (Å²) in [5.41, 5.74) is 0. The summed E-state index contributed by atoms with van der Waals surface area (Å²) >= 11 is 1.87. The van der Waals surface area contributed by atoms with Crippen molar-refractivity contribution >= 4 is 11.3 Å². The molecule has 2 saturated carbocycles. The van der Waals surface area contributed by atoms with E-state index in [1.807, 2.05) is 11.3 Å². The van der Waals surface area contributed by atoms with Crippen molar-refractivity contribution in [2.45, 2.75) is 38.3 Å². The standard InChI is InChI=1S/C12H17NS/c1-8(12-3-2-6-14-12)13-11-5-4-9-7-10(9)11/h2-3,6,8-11,13H,4-5,7H2,1H3/t8-,9?,10?,11?/m1/s1. The lowest BCUT2D eigenvalue weighted by atomic mass is 10.1. The summed E-state index contributed by atoms with van der Waals surface area (Å²) in [4.78, 5) is 1.48. The summed E-state index contributed by atoms with van der Waals surface area (Å²) in [6.07, 6.45) is 4.37. The first-order valence-corrected chi connectivity index (χ1v) is 6.52. The third kappa shape index (κ3) is 1.51. The van der Waals surface area contributed by atoms with Crippen molar-refractivity contribution in [3.63, 3.8) is 0 Å². The van der Waals surface area contributed by atoms with Gasteiger partial charge in [-0.3, -0.25) is 0 Å². The Morgan fingerprint density at radius 1 is 1.50 bits per heavy atom. The predicted octanol–water partition coefficient (Wildman–Crippen LogP) is 3.20. The van der Waals surface area contributed by atoms with Crippen LogP contribution >= 0.6 is 11.3 Å². The maximum absolute atomic E-state index is 3.78. The van der Waals surface area contributed by atoms with E-state index in [1.54, 1.807) is 0 Å². The lowest BCUT2D eigenvalue weighted by Gasteiger charge is -2.19. The van der Waals surface area contributed by atoms with Crippen LogP contribution in [0.1, 0.15) is 37.1 Å². The number of thiophene rings is 1. The molecule has 1 heterocycles. The second-order valence-electron chi connectivity index (χ2n) is 4.75. The van der Waals surface area contributed by atoms with Crippen molar-refractivity contribution < 1.29 is 0 Å². The molecule has 0 saturated heterocycles. The Labute approximate surface area is 89.5 Å². The normalized spacial score (nSPS) is 36.8. The average Bonchev–Trinajstić information content (AvgIpc) is 2.66. The second kappa shape index (κ2) is 3.35. The molecule has 0 amide bonds. The van der Waals surface area contributed by atoms with Gasteiger partial charge in [0.15, 0.2) is 0 Å². The number of nitrogens with one attached hydrogen (secondary N) is 1. The fourth-order valence-corrected chi connectivity index (χ4v) is 3.59. The van der Waals surface area contributed by atoms with Crippen molar-refractivity contribution in [1.82, 2.24) is 5.32 Å². The molecule has 1 aromatic heterocycles. The van der Waals surface area contributed by atoms with E-state index in [0.29, 0.717) is 6.04 Å². The van der Waals surface area contributed by atoms with Gasteiger partial charge < -0.3 is 5.32 Å². The number of fused-ring (bicyclic) bond motifs is 1. The molecule has 2 aliphatic rings. The highest BCUT2D eigenvalue weighted by Gasteiger charge is 2.48. The first kappa shape index (κ1) is 8.93. The van der Waals surface area contributed by atoms with Crippen molar-refractivity contribution in [3.8, 4) is 0 Å². The van der Waals surface area contributed by atoms with Gasteiger partial charge in [0, 0.05) is 17.0 Å². The SMILES string of the molecule is C[C@@H](NC1CCC2CC21)c1cccs1. The van der Waals surface area contributed by atoms with E-state index in [9.17, 15) is 0 Å². The van der Waals surface area contributed by atoms with Crippen LogP contribution in [0.3, 0.4) is 0 Å². The molecule has 0 aliphatic heterocycles. The fourth-order valence-electron chi connectivity index (χ4n) is 2.85. The minimum atomic E-state index is 0.555. The van der Waals surface area contributed by atoms with Gasteiger partial charge in [0.25, 0.3) is 0 Å². The Hall–Kier alpha value is -0.340. The van der Waals surface area contributed by atoms with Crippen LogP contribution in [-0.4, -0.2) is 6.04 Å². The first-order valence-electron chi connectivity index (χ1n) is 5.64. The minimum absolute atomic E-state index is 0.555. The maximum Gasteiger partial charge on any atom is 0.0388 e. The molecule has 4 atom stereocenters. The molecule has 1 aromatic rings. The van der Waals surface area contributed by atoms with Crippen molar-refractivity contribution in [1.29, 1.82) is 0 Å². The van der Waals surface area contributed by atoms with Crippen LogP contribution < -0.4 is 5.32 Å². The van der Waals surface area contributed by atoms with Gasteiger partial charge in [0.1, 0.15) is 0 Å². The lowest BCUT2D eigenvalue weighted by molar-refractivity contribution is 0.428. The number of hydrogen-bond acceptors (Lipinski definition) is 2. The molecule has 14 heavy (non-hydrogen) atoms. The molecule has 0 aromatic carbocycles. The number of hydrogen-bond donors (Lipinski definition) is 1. The molecule has 2 fully saturated rings. The summed E-state index contributed by atoms with van der Waals surface area (Å²) in [7, 11) is 0. The van der Waals surface area contributed by atoms with E-state index in [1.165, 1.54) is 24.1 Å². The zero-order chi connectivity index (χ0) is 9.54. The predicted molar refractivity (Wildman–Crippen MR) is 60.5 cm³/mol. The van der Waals surface area contributed by atoms with E-state index in [2.05, 4.69) is 29.8 Å². The Bertz CT molecular complexity index is 306. The topological polar surface area (TPSA) is 12.0 Å². The van der Waals surface area contributed by atoms with Crippen LogP contribution in [0, 0.1) is 11.8 Å². The van der Waals surface area contributed by atoms with Crippen molar-refractivity contribution in [2.75, 3.05) is 0 Å². The second-order valence-corrected chi connectivity index (χ2v) is 5.73. The minimum Gasteiger partial charge on any atom is -0.306 e. The van der Waals surface area contributed by atoms with Gasteiger partial charge in [0.05, 0.1) is 0 Å². The van der Waals surface area contributed by atoms with E-state index in [-0.39, 0.29) is 0 Å². The van der Waals surface area contributed by atoms with Crippen LogP contribution in [0.25, 0.3) is 0 Å². The summed E-state index contributed by atoms with van der Waals surface area (Å²) < 4.78 is 0. The zero-order valence-corrected chi connectivity index (χ0v) is 9.39. The Kier molecular flexibility index (Phi) is 2.14. The van der Waals surface area contributed by atoms with Gasteiger partial charge in [-0.15, -0.1) is 11.3 Å². The molecule has 2 heteroatoms. The van der Waals surface area contributed by atoms with Gasteiger partial charge in [0.2, 0.25) is 0 Å². The van der Waals surface area contributed by atoms with Crippen molar-refractivity contribution in [2.24, 2.45) is 11.8 Å². The quantitative estimate of drug-likeness (QED) is 0.802. The Morgan fingerprint density at radius 2 is 2.43 bits per heavy atom. The molecule has 0 spiro atoms. The molecular weight excluding hydrogens is 190 g/mol. The van der Waals surface area contributed by atoms with Gasteiger partial charge in [-0.05, 0) is 49.5 Å². The third-order valence-electron chi connectivity index (χ3n) is 3.78. The maximum atomic E-state index is 3.78. The summed E-state index contributed by atoms with van der Waals surface area (Å²) in [5, 5.41) is 5.95. The van der Waals surface area contributed by atoms with Gasteiger partial charge in [-0.1, -0.05) is 6.07 Å². The molecule has 1 N–H and O–H groups in total. The zero-order valence-electron chi connectivity index (χ0n) is 8.57. The third-order valence-corrected chi connectivity index (χ3v) is 4.83. The van der Waals surface area contributed by atoms with Gasteiger partial charge >= 0.3 is 0 Å². The highest BCUT2D eigenvalue weighted by Crippen LogP contribution is 2.52. The molecule has 3 rings (SSSR count). The molecule has 0 radical (unpaired) electrons. The molecule has 3 unspecified atom stereocenters. The Balaban J connectivity index is 1.61. The summed E-state index contributed by atoms with van der Waals surface area (Å²) in [6.45, 7) is 2.29. The first-order chi connectivity index (χ1) is 6.84. The van der Waals surface area contributed by atoms with E-state index >= 15 is 0 Å². The molecule has 76 valence electrons. The van der Waals surface area contributed by atoms with E-state index in [4.69, 9.17) is 0 Å². The van der Waals surface area contributed by atoms with Crippen LogP contribution in [-0.2, 0) is 0 Å².